The van der Waals surface area contributed by atoms with Gasteiger partial charge in [0.05, 0.1) is 12.7 Å². The smallest absolute Gasteiger partial charge is 0.344 e. The molecule has 5 saturated carbocycles. The summed E-state index contributed by atoms with van der Waals surface area (Å²) in [7, 11) is 0. The van der Waals surface area contributed by atoms with Crippen LogP contribution in [-0.4, -0.2) is 30.4 Å². The number of esters is 1. The minimum atomic E-state index is -0.216. The summed E-state index contributed by atoms with van der Waals surface area (Å²) in [5.74, 6) is 5.04. The van der Waals surface area contributed by atoms with Gasteiger partial charge in [-0.15, -0.1) is 6.58 Å². The van der Waals surface area contributed by atoms with Gasteiger partial charge in [0.15, 0.2) is 6.61 Å². The van der Waals surface area contributed by atoms with Crippen LogP contribution in [0.3, 0.4) is 0 Å². The fourth-order valence-electron chi connectivity index (χ4n) is 12.2. The first-order valence-electron chi connectivity index (χ1n) is 19.0. The van der Waals surface area contributed by atoms with E-state index in [-0.39, 0.29) is 24.1 Å². The number of aliphatic hydroxyl groups is 1. The molecule has 4 heteroatoms. The Morgan fingerprint density at radius 1 is 0.957 bits per heavy atom. The third-order valence-electron chi connectivity index (χ3n) is 14.4. The molecule has 4 nitrogen and oxygen atoms in total. The van der Waals surface area contributed by atoms with Crippen LogP contribution >= 0.6 is 0 Å². The topological polar surface area (TPSA) is 55.8 Å². The minimum Gasteiger partial charge on any atom is -0.482 e. The summed E-state index contributed by atoms with van der Waals surface area (Å²) in [6.07, 6.45) is 18.1. The Bertz CT molecular complexity index is 1210. The van der Waals surface area contributed by atoms with Crippen LogP contribution in [0.1, 0.15) is 142 Å². The molecule has 0 spiro atoms. The minimum absolute atomic E-state index is 0.0113. The number of allylic oxidation sites excluding steroid dienone is 1. The molecular weight excluding hydrogens is 568 g/mol. The molecule has 0 saturated heterocycles. The summed E-state index contributed by atoms with van der Waals surface area (Å²) in [4.78, 5) is 13.2. The highest BCUT2D eigenvalue weighted by Crippen LogP contribution is 2.71. The van der Waals surface area contributed by atoms with Crippen molar-refractivity contribution >= 4 is 5.97 Å². The van der Waals surface area contributed by atoms with Gasteiger partial charge in [0.1, 0.15) is 5.75 Å². The van der Waals surface area contributed by atoms with Crippen molar-refractivity contribution in [3.8, 4) is 5.75 Å². The molecule has 6 rings (SSSR count). The summed E-state index contributed by atoms with van der Waals surface area (Å²) in [5, 5.41) is 10.7. The van der Waals surface area contributed by atoms with E-state index in [9.17, 15) is 9.90 Å². The van der Waals surface area contributed by atoms with Crippen molar-refractivity contribution in [1.29, 1.82) is 0 Å². The first-order chi connectivity index (χ1) is 21.9. The molecule has 0 heterocycles. The zero-order chi connectivity index (χ0) is 33.3. The van der Waals surface area contributed by atoms with E-state index in [4.69, 9.17) is 9.47 Å². The van der Waals surface area contributed by atoms with Gasteiger partial charge in [0, 0.05) is 5.41 Å². The number of aryl methyl sites for hydroxylation is 1. The number of ether oxygens (including phenoxy) is 2. The van der Waals surface area contributed by atoms with E-state index in [1.54, 1.807) is 6.08 Å². The number of benzene rings is 1. The van der Waals surface area contributed by atoms with Crippen LogP contribution < -0.4 is 4.74 Å². The molecule has 5 aliphatic rings. The number of carbonyl (C=O) groups excluding carboxylic acids is 1. The molecule has 10 unspecified atom stereocenters. The van der Waals surface area contributed by atoms with Crippen molar-refractivity contribution in [3.63, 3.8) is 0 Å². The molecule has 1 aromatic rings. The van der Waals surface area contributed by atoms with Gasteiger partial charge in [0.2, 0.25) is 0 Å². The number of hydrogen-bond donors (Lipinski definition) is 1. The van der Waals surface area contributed by atoms with E-state index in [0.29, 0.717) is 41.1 Å². The van der Waals surface area contributed by atoms with Crippen LogP contribution in [0.4, 0.5) is 0 Å². The van der Waals surface area contributed by atoms with Crippen LogP contribution in [0.15, 0.2) is 30.9 Å². The summed E-state index contributed by atoms with van der Waals surface area (Å²) in [6.45, 7) is 19.8. The van der Waals surface area contributed by atoms with Crippen molar-refractivity contribution < 1.29 is 19.4 Å². The van der Waals surface area contributed by atoms with Gasteiger partial charge in [-0.3, -0.25) is 0 Å². The van der Waals surface area contributed by atoms with Crippen LogP contribution in [-0.2, 0) is 9.53 Å². The lowest BCUT2D eigenvalue weighted by Gasteiger charge is -2.68. The maximum absolute atomic E-state index is 13.2. The van der Waals surface area contributed by atoms with Gasteiger partial charge in [-0.05, 0) is 148 Å². The van der Waals surface area contributed by atoms with Crippen LogP contribution in [0, 0.1) is 58.7 Å². The molecule has 0 amide bonds. The predicted molar refractivity (Wildman–Crippen MR) is 189 cm³/mol. The maximum atomic E-state index is 13.2. The van der Waals surface area contributed by atoms with Crippen molar-refractivity contribution in [3.05, 3.63) is 42.0 Å². The third-order valence-corrected chi connectivity index (χ3v) is 14.4. The van der Waals surface area contributed by atoms with E-state index in [0.717, 1.165) is 41.1 Å². The number of rotatable bonds is 6. The van der Waals surface area contributed by atoms with Crippen molar-refractivity contribution in [1.82, 2.24) is 0 Å². The monoisotopic (exact) mass is 634 g/mol. The molecule has 258 valence electrons. The molecule has 5 fully saturated rings. The zero-order valence-corrected chi connectivity index (χ0v) is 30.4. The predicted octanol–water partition coefficient (Wildman–Crippen LogP) is 10.4. The van der Waals surface area contributed by atoms with Gasteiger partial charge < -0.3 is 14.6 Å². The Morgan fingerprint density at radius 2 is 1.65 bits per heavy atom. The maximum Gasteiger partial charge on any atom is 0.344 e. The van der Waals surface area contributed by atoms with Gasteiger partial charge in [-0.2, -0.15) is 0 Å². The Balaban J connectivity index is 0.00000134. The molecule has 1 aromatic carbocycles. The van der Waals surface area contributed by atoms with Gasteiger partial charge >= 0.3 is 5.97 Å². The van der Waals surface area contributed by atoms with E-state index in [1.165, 1.54) is 77.0 Å². The average Bonchev–Trinajstić information content (AvgIpc) is 3.24. The van der Waals surface area contributed by atoms with Gasteiger partial charge in [0.25, 0.3) is 0 Å². The van der Waals surface area contributed by atoms with Crippen molar-refractivity contribution in [2.75, 3.05) is 13.2 Å². The molecule has 0 aromatic heterocycles. The van der Waals surface area contributed by atoms with Crippen molar-refractivity contribution in [2.24, 2.45) is 51.8 Å². The summed E-state index contributed by atoms with van der Waals surface area (Å²) < 4.78 is 12.3. The molecule has 10 atom stereocenters. The fourth-order valence-corrected chi connectivity index (χ4v) is 12.2. The normalized spacial score (nSPS) is 40.1. The quantitative estimate of drug-likeness (QED) is 0.250. The second-order valence-corrected chi connectivity index (χ2v) is 17.2. The highest BCUT2D eigenvalue weighted by atomic mass is 16.6. The largest absolute Gasteiger partial charge is 0.482 e. The van der Waals surface area contributed by atoms with Crippen molar-refractivity contribution in [2.45, 2.75) is 144 Å². The first-order valence-corrected chi connectivity index (χ1v) is 19.0. The lowest BCUT2D eigenvalue weighted by molar-refractivity contribution is -0.203. The number of carbonyl (C=O) groups is 1. The Hall–Kier alpha value is -1.81. The Morgan fingerprint density at radius 3 is 2.39 bits per heavy atom. The lowest BCUT2D eigenvalue weighted by Crippen LogP contribution is -2.61. The van der Waals surface area contributed by atoms with E-state index >= 15 is 0 Å². The standard InChI is InChI=1S/C39H60O4.C3H6/c1-25(2)28-12-11-26(3)22-34(28)42-23-36(41)43-24-39-18-9-7-8-10-32(39)29-13-14-35-37(5)20-17-33(40)27(4)30(37)15-19-38(35,6)31(29)16-21-39;1-3-2/h11-12,22,25,27,29-33,35,40H,7-10,13-21,23-24H2,1-6H3;3H,1H2,2H3. The fraction of sp³-hybridized carbons (Fsp3) is 0.786. The molecule has 46 heavy (non-hydrogen) atoms. The number of hydrogen-bond acceptors (Lipinski definition) is 4. The number of aliphatic hydroxyl groups excluding tert-OH is 1. The van der Waals surface area contributed by atoms with E-state index < -0.39 is 0 Å². The summed E-state index contributed by atoms with van der Waals surface area (Å²) in [5.41, 5.74) is 3.20. The molecule has 5 aliphatic carbocycles. The van der Waals surface area contributed by atoms with Crippen LogP contribution in [0.2, 0.25) is 0 Å². The summed E-state index contributed by atoms with van der Waals surface area (Å²) in [6, 6.07) is 6.28. The third kappa shape index (κ3) is 6.59. The zero-order valence-electron chi connectivity index (χ0n) is 30.4. The van der Waals surface area contributed by atoms with Crippen LogP contribution in [0.25, 0.3) is 0 Å². The van der Waals surface area contributed by atoms with Crippen LogP contribution in [0.5, 0.6) is 5.75 Å². The van der Waals surface area contributed by atoms with Gasteiger partial charge in [-0.1, -0.05) is 72.1 Å². The highest BCUT2D eigenvalue weighted by molar-refractivity contribution is 5.71. The SMILES string of the molecule is C=CC.Cc1ccc(C(C)C)c(OCC(=O)OCC23CCCCCC2C2CCC4C5(C)CCC(O)C(C)C5CCC4(C)C2CC3)c1. The second-order valence-electron chi connectivity index (χ2n) is 17.2. The molecule has 0 radical (unpaired) electrons. The first kappa shape index (κ1) is 35.5. The molecule has 1 N–H and O–H groups in total. The summed E-state index contributed by atoms with van der Waals surface area (Å²) >= 11 is 0. The van der Waals surface area contributed by atoms with E-state index in [1.807, 2.05) is 13.0 Å². The number of fused-ring (bicyclic) bond motifs is 7. The molecular formula is C42H66O4. The lowest BCUT2D eigenvalue weighted by atomic mass is 9.37. The Labute approximate surface area is 281 Å². The second kappa shape index (κ2) is 14.4. The Kier molecular flexibility index (Phi) is 11.1. The van der Waals surface area contributed by atoms with Gasteiger partial charge in [-0.25, -0.2) is 4.79 Å². The highest BCUT2D eigenvalue weighted by Gasteiger charge is 2.64. The molecule has 0 aliphatic heterocycles. The van der Waals surface area contributed by atoms with E-state index in [2.05, 4.69) is 60.3 Å². The molecule has 0 bridgehead atoms. The average molecular weight is 635 g/mol.